The molecule has 1 aromatic rings. The Morgan fingerprint density at radius 2 is 1.79 bits per heavy atom. The van der Waals surface area contributed by atoms with Crippen molar-refractivity contribution >= 4 is 5.91 Å². The molecule has 0 aromatic heterocycles. The molecule has 5 nitrogen and oxygen atoms in total. The van der Waals surface area contributed by atoms with Crippen LogP contribution in [0.15, 0.2) is 30.3 Å². The average Bonchev–Trinajstić information content (AvgIpc) is 2.64. The minimum Gasteiger partial charge on any atom is -0.388 e. The van der Waals surface area contributed by atoms with Crippen molar-refractivity contribution in [3.8, 4) is 0 Å². The summed E-state index contributed by atoms with van der Waals surface area (Å²) in [6.07, 6.45) is -4.84. The largest absolute Gasteiger partial charge is 0.391 e. The van der Waals surface area contributed by atoms with Crippen LogP contribution in [-0.4, -0.2) is 76.5 Å². The van der Waals surface area contributed by atoms with Gasteiger partial charge in [0.2, 0.25) is 5.91 Å². The summed E-state index contributed by atoms with van der Waals surface area (Å²) in [5.41, 5.74) is -0.524. The number of carbonyl (C=O) groups excluding carboxylic acids is 1. The van der Waals surface area contributed by atoms with Gasteiger partial charge in [-0.3, -0.25) is 4.79 Å². The molecule has 156 valence electrons. The number of aliphatic hydroxyl groups excluding tert-OH is 1. The highest BCUT2D eigenvalue weighted by atomic mass is 19.4. The summed E-state index contributed by atoms with van der Waals surface area (Å²) in [4.78, 5) is 15.8. The van der Waals surface area contributed by atoms with E-state index in [-0.39, 0.29) is 57.8 Å². The van der Waals surface area contributed by atoms with Gasteiger partial charge in [-0.25, -0.2) is 0 Å². The smallest absolute Gasteiger partial charge is 0.388 e. The Labute approximate surface area is 162 Å². The van der Waals surface area contributed by atoms with E-state index in [1.54, 1.807) is 9.80 Å². The summed E-state index contributed by atoms with van der Waals surface area (Å²) in [7, 11) is 0. The summed E-state index contributed by atoms with van der Waals surface area (Å²) in [6, 6.07) is 9.30. The quantitative estimate of drug-likeness (QED) is 0.810. The van der Waals surface area contributed by atoms with E-state index in [9.17, 15) is 28.2 Å². The van der Waals surface area contributed by atoms with Crippen LogP contribution in [0.3, 0.4) is 0 Å². The van der Waals surface area contributed by atoms with Crippen LogP contribution in [0.4, 0.5) is 13.2 Å². The molecule has 0 saturated carbocycles. The number of nitrogens with zero attached hydrogens (tertiary/aromatic N) is 2. The van der Waals surface area contributed by atoms with Gasteiger partial charge in [0.1, 0.15) is 11.7 Å². The second-order valence-corrected chi connectivity index (χ2v) is 7.96. The molecule has 0 unspecified atom stereocenters. The van der Waals surface area contributed by atoms with Crippen LogP contribution in [0.2, 0.25) is 0 Å². The van der Waals surface area contributed by atoms with Crippen LogP contribution < -0.4 is 0 Å². The molecule has 2 aliphatic heterocycles. The highest BCUT2D eigenvalue weighted by molar-refractivity contribution is 5.79. The van der Waals surface area contributed by atoms with Gasteiger partial charge in [0.15, 0.2) is 0 Å². The van der Waals surface area contributed by atoms with Gasteiger partial charge in [0, 0.05) is 19.6 Å². The summed E-state index contributed by atoms with van der Waals surface area (Å²) in [5.74, 6) is -1.40. The summed E-state index contributed by atoms with van der Waals surface area (Å²) < 4.78 is 38.4. The van der Waals surface area contributed by atoms with E-state index in [4.69, 9.17) is 0 Å². The lowest BCUT2D eigenvalue weighted by molar-refractivity contribution is -0.189. The average molecular weight is 400 g/mol. The minimum absolute atomic E-state index is 0.0113. The van der Waals surface area contributed by atoms with Crippen molar-refractivity contribution < 1.29 is 28.2 Å². The lowest BCUT2D eigenvalue weighted by Crippen LogP contribution is -2.61. The number of halogens is 3. The zero-order valence-corrected chi connectivity index (χ0v) is 15.7. The molecule has 2 atom stereocenters. The number of carbonyl (C=O) groups is 1. The van der Waals surface area contributed by atoms with E-state index in [1.807, 2.05) is 30.3 Å². The number of benzene rings is 1. The van der Waals surface area contributed by atoms with Gasteiger partial charge in [-0.2, -0.15) is 13.2 Å². The molecule has 0 radical (unpaired) electrons. The number of rotatable bonds is 4. The van der Waals surface area contributed by atoms with Gasteiger partial charge in [0.05, 0.1) is 12.3 Å². The molecule has 3 rings (SSSR count). The van der Waals surface area contributed by atoms with E-state index in [0.29, 0.717) is 6.54 Å². The van der Waals surface area contributed by atoms with E-state index < -0.39 is 23.8 Å². The monoisotopic (exact) mass is 400 g/mol. The van der Waals surface area contributed by atoms with Crippen LogP contribution in [0.1, 0.15) is 24.8 Å². The van der Waals surface area contributed by atoms with Crippen LogP contribution in [0.25, 0.3) is 0 Å². The van der Waals surface area contributed by atoms with Crippen LogP contribution >= 0.6 is 0 Å². The molecular formula is C20H27F3N2O3. The lowest BCUT2D eigenvalue weighted by Gasteiger charge is -2.45. The highest BCUT2D eigenvalue weighted by Crippen LogP contribution is 2.35. The number of amides is 1. The third-order valence-electron chi connectivity index (χ3n) is 5.93. The zero-order chi connectivity index (χ0) is 20.4. The van der Waals surface area contributed by atoms with Crippen LogP contribution in [0, 0.1) is 5.92 Å². The van der Waals surface area contributed by atoms with Crippen LogP contribution in [-0.2, 0) is 11.2 Å². The molecule has 28 heavy (non-hydrogen) atoms. The summed E-state index contributed by atoms with van der Waals surface area (Å²) in [6.45, 7) is 0.963. The third-order valence-corrected chi connectivity index (χ3v) is 5.93. The third kappa shape index (κ3) is 5.04. The Bertz CT molecular complexity index is 662. The minimum atomic E-state index is -4.17. The first-order chi connectivity index (χ1) is 13.2. The Kier molecular flexibility index (Phi) is 6.31. The van der Waals surface area contributed by atoms with Gasteiger partial charge >= 0.3 is 6.18 Å². The molecule has 2 saturated heterocycles. The van der Waals surface area contributed by atoms with E-state index in [0.717, 1.165) is 5.56 Å². The fourth-order valence-electron chi connectivity index (χ4n) is 4.06. The zero-order valence-electron chi connectivity index (χ0n) is 15.7. The maximum absolute atomic E-state index is 12.8. The molecule has 1 aromatic carbocycles. The van der Waals surface area contributed by atoms with Gasteiger partial charge in [-0.05, 0) is 37.9 Å². The van der Waals surface area contributed by atoms with Crippen molar-refractivity contribution in [1.82, 2.24) is 9.80 Å². The maximum atomic E-state index is 12.8. The predicted molar refractivity (Wildman–Crippen MR) is 97.5 cm³/mol. The van der Waals surface area contributed by atoms with Crippen molar-refractivity contribution in [3.63, 3.8) is 0 Å². The molecule has 1 amide bonds. The topological polar surface area (TPSA) is 64.0 Å². The molecule has 2 fully saturated rings. The Balaban J connectivity index is 1.51. The second kappa shape index (κ2) is 8.39. The molecule has 0 spiro atoms. The lowest BCUT2D eigenvalue weighted by atomic mass is 9.86. The fourth-order valence-corrected chi connectivity index (χ4v) is 4.06. The maximum Gasteiger partial charge on any atom is 0.391 e. The normalized spacial score (nSPS) is 27.8. The predicted octanol–water partition coefficient (Wildman–Crippen LogP) is 1.83. The molecule has 0 bridgehead atoms. The number of hydrogen-bond acceptors (Lipinski definition) is 4. The van der Waals surface area contributed by atoms with E-state index in [1.165, 1.54) is 0 Å². The Morgan fingerprint density at radius 1 is 1.14 bits per heavy atom. The SMILES string of the molecule is O=C(Cc1ccccc1)N1CC[C@](O)(CN2CCC(C(F)(F)F)CC2)[C@@H](O)C1. The van der Waals surface area contributed by atoms with Crippen LogP contribution in [0.5, 0.6) is 0 Å². The van der Waals surface area contributed by atoms with Gasteiger partial charge in [-0.15, -0.1) is 0 Å². The van der Waals surface area contributed by atoms with Crippen molar-refractivity contribution in [1.29, 1.82) is 0 Å². The fraction of sp³-hybridized carbons (Fsp3) is 0.650. The number of piperidine rings is 2. The first kappa shape index (κ1) is 21.1. The Hall–Kier alpha value is -1.64. The molecule has 0 aliphatic carbocycles. The van der Waals surface area contributed by atoms with Gasteiger partial charge in [0.25, 0.3) is 0 Å². The summed E-state index contributed by atoms with van der Waals surface area (Å²) >= 11 is 0. The van der Waals surface area contributed by atoms with E-state index in [2.05, 4.69) is 0 Å². The molecule has 2 N–H and O–H groups in total. The van der Waals surface area contributed by atoms with Crippen molar-refractivity contribution in [2.75, 3.05) is 32.7 Å². The van der Waals surface area contributed by atoms with Crippen molar-refractivity contribution in [2.45, 2.75) is 43.6 Å². The summed E-state index contributed by atoms with van der Waals surface area (Å²) in [5, 5.41) is 21.3. The number of β-amino-alcohol motifs (C(OH)–C–C–N with tert-alkyl or cyclic N) is 2. The first-order valence-corrected chi connectivity index (χ1v) is 9.68. The molecule has 2 heterocycles. The molecule has 2 aliphatic rings. The van der Waals surface area contributed by atoms with E-state index >= 15 is 0 Å². The first-order valence-electron chi connectivity index (χ1n) is 9.68. The highest BCUT2D eigenvalue weighted by Gasteiger charge is 2.45. The van der Waals surface area contributed by atoms with Gasteiger partial charge in [-0.1, -0.05) is 30.3 Å². The number of hydrogen-bond donors (Lipinski definition) is 2. The second-order valence-electron chi connectivity index (χ2n) is 7.96. The number of aliphatic hydroxyl groups is 2. The Morgan fingerprint density at radius 3 is 2.36 bits per heavy atom. The number of likely N-dealkylation sites (tertiary alicyclic amines) is 2. The van der Waals surface area contributed by atoms with Crippen molar-refractivity contribution in [3.05, 3.63) is 35.9 Å². The molecule has 8 heteroatoms. The van der Waals surface area contributed by atoms with Crippen molar-refractivity contribution in [2.24, 2.45) is 5.92 Å². The number of alkyl halides is 3. The molecular weight excluding hydrogens is 373 g/mol. The standard InChI is InChI=1S/C20H27F3N2O3/c21-20(22,23)16-6-9-24(10-7-16)14-19(28)8-11-25(13-17(19)26)18(27)12-15-4-2-1-3-5-15/h1-5,16-17,26,28H,6-14H2/t17-,19-/m0/s1. The van der Waals surface area contributed by atoms with Gasteiger partial charge < -0.3 is 20.0 Å².